The molecular weight excluding hydrogens is 262 g/mol. The molecule has 17 heavy (non-hydrogen) atoms. The molecule has 0 unspecified atom stereocenters. The summed E-state index contributed by atoms with van der Waals surface area (Å²) in [6.45, 7) is 1.77. The van der Waals surface area contributed by atoms with E-state index in [0.717, 1.165) is 11.8 Å². The summed E-state index contributed by atoms with van der Waals surface area (Å²) in [5.74, 6) is -0.392. The summed E-state index contributed by atoms with van der Waals surface area (Å²) < 4.78 is 0. The Morgan fingerprint density at radius 3 is 2.88 bits per heavy atom. The second-order valence-electron chi connectivity index (χ2n) is 3.22. The average molecular weight is 270 g/mol. The third kappa shape index (κ3) is 2.59. The molecule has 0 amide bonds. The van der Waals surface area contributed by atoms with Crippen LogP contribution in [0.1, 0.15) is 16.2 Å². The zero-order chi connectivity index (χ0) is 12.4. The number of aromatic carboxylic acids is 1. The first kappa shape index (κ1) is 11.9. The molecule has 0 radical (unpaired) electrons. The van der Waals surface area contributed by atoms with Crippen LogP contribution in [0.4, 0.5) is 0 Å². The molecule has 0 spiro atoms. The number of carboxylic acids is 1. The lowest BCUT2D eigenvalue weighted by molar-refractivity contribution is 0.0693. The fraction of sp³-hybridized carbons (Fsp3) is 0.100. The van der Waals surface area contributed by atoms with Gasteiger partial charge in [0.05, 0.1) is 10.6 Å². The largest absolute Gasteiger partial charge is 0.478 e. The number of hydrogen-bond acceptors (Lipinski definition) is 4. The van der Waals surface area contributed by atoms with Gasteiger partial charge in [0.15, 0.2) is 0 Å². The number of nitrogens with one attached hydrogen (secondary N) is 1. The van der Waals surface area contributed by atoms with Crippen molar-refractivity contribution in [1.82, 2.24) is 15.2 Å². The molecule has 2 N–H and O–H groups in total. The molecule has 0 bridgehead atoms. The van der Waals surface area contributed by atoms with Crippen LogP contribution in [-0.2, 0) is 0 Å². The number of nitrogens with zero attached hydrogens (tertiary/aromatic N) is 2. The molecule has 1 aromatic carbocycles. The normalized spacial score (nSPS) is 10.5. The second-order valence-corrected chi connectivity index (χ2v) is 4.64. The lowest BCUT2D eigenvalue weighted by atomic mass is 10.2. The zero-order valence-electron chi connectivity index (χ0n) is 8.77. The Morgan fingerprint density at radius 1 is 1.53 bits per heavy atom. The van der Waals surface area contributed by atoms with Crippen LogP contribution in [0.15, 0.2) is 28.3 Å². The van der Waals surface area contributed by atoms with Crippen molar-refractivity contribution in [2.24, 2.45) is 0 Å². The molecule has 0 saturated carbocycles. The van der Waals surface area contributed by atoms with Crippen LogP contribution in [0.5, 0.6) is 0 Å². The summed E-state index contributed by atoms with van der Waals surface area (Å²) >= 11 is 7.01. The highest BCUT2D eigenvalue weighted by atomic mass is 35.5. The van der Waals surface area contributed by atoms with Crippen molar-refractivity contribution in [3.05, 3.63) is 34.6 Å². The Morgan fingerprint density at radius 2 is 2.29 bits per heavy atom. The SMILES string of the molecule is Cc1nc(Sc2cccc(Cl)c2C(=O)O)n[nH]1. The van der Waals surface area contributed by atoms with Crippen LogP contribution in [0, 0.1) is 6.92 Å². The Hall–Kier alpha value is -1.53. The minimum absolute atomic E-state index is 0.0709. The molecule has 88 valence electrons. The maximum Gasteiger partial charge on any atom is 0.338 e. The van der Waals surface area contributed by atoms with Gasteiger partial charge < -0.3 is 5.11 Å². The first-order valence-electron chi connectivity index (χ1n) is 4.66. The van der Waals surface area contributed by atoms with Crippen LogP contribution in [0.25, 0.3) is 0 Å². The number of H-pyrrole nitrogens is 1. The van der Waals surface area contributed by atoms with Crippen molar-refractivity contribution < 1.29 is 9.90 Å². The Balaban J connectivity index is 2.39. The quantitative estimate of drug-likeness (QED) is 0.895. The lowest BCUT2D eigenvalue weighted by Crippen LogP contribution is -2.00. The molecule has 2 aromatic rings. The molecule has 5 nitrogen and oxygen atoms in total. The monoisotopic (exact) mass is 269 g/mol. The molecule has 0 fully saturated rings. The third-order valence-corrected chi connectivity index (χ3v) is 3.21. The van der Waals surface area contributed by atoms with E-state index in [4.69, 9.17) is 16.7 Å². The molecular formula is C10H8ClN3O2S. The molecule has 2 rings (SSSR count). The van der Waals surface area contributed by atoms with Crippen molar-refractivity contribution >= 4 is 29.3 Å². The zero-order valence-corrected chi connectivity index (χ0v) is 10.3. The molecule has 0 aliphatic heterocycles. The van der Waals surface area contributed by atoms with E-state index in [9.17, 15) is 4.79 Å². The number of aromatic amines is 1. The van der Waals surface area contributed by atoms with Crippen LogP contribution in [0.2, 0.25) is 5.02 Å². The van der Waals surface area contributed by atoms with Gasteiger partial charge >= 0.3 is 5.97 Å². The van der Waals surface area contributed by atoms with E-state index in [1.807, 2.05) is 0 Å². The number of aryl methyl sites for hydroxylation is 1. The van der Waals surface area contributed by atoms with Gasteiger partial charge in [0.2, 0.25) is 5.16 Å². The highest BCUT2D eigenvalue weighted by Gasteiger charge is 2.16. The second kappa shape index (κ2) is 4.77. The first-order chi connectivity index (χ1) is 8.08. The van der Waals surface area contributed by atoms with Crippen molar-refractivity contribution in [3.8, 4) is 0 Å². The van der Waals surface area contributed by atoms with Gasteiger partial charge in [0.1, 0.15) is 5.82 Å². The van der Waals surface area contributed by atoms with Crippen molar-refractivity contribution in [3.63, 3.8) is 0 Å². The highest BCUT2D eigenvalue weighted by Crippen LogP contribution is 2.31. The summed E-state index contributed by atoms with van der Waals surface area (Å²) in [4.78, 5) is 15.7. The topological polar surface area (TPSA) is 78.9 Å². The number of halogens is 1. The molecule has 0 aliphatic rings. The fourth-order valence-corrected chi connectivity index (χ4v) is 2.49. The smallest absolute Gasteiger partial charge is 0.338 e. The van der Waals surface area contributed by atoms with E-state index >= 15 is 0 Å². The third-order valence-electron chi connectivity index (χ3n) is 1.97. The van der Waals surface area contributed by atoms with Gasteiger partial charge in [0.25, 0.3) is 0 Å². The summed E-state index contributed by atoms with van der Waals surface area (Å²) in [6, 6.07) is 4.90. The maximum atomic E-state index is 11.1. The Bertz CT molecular complexity index is 570. The van der Waals surface area contributed by atoms with E-state index in [1.165, 1.54) is 6.07 Å². The van der Waals surface area contributed by atoms with Crippen LogP contribution in [-0.4, -0.2) is 26.3 Å². The maximum absolute atomic E-state index is 11.1. The molecule has 1 heterocycles. The first-order valence-corrected chi connectivity index (χ1v) is 5.86. The van der Waals surface area contributed by atoms with Gasteiger partial charge in [-0.3, -0.25) is 5.10 Å². The summed E-state index contributed by atoms with van der Waals surface area (Å²) in [5, 5.41) is 16.4. The number of rotatable bonds is 3. The number of benzene rings is 1. The van der Waals surface area contributed by atoms with Gasteiger partial charge in [-0.15, -0.1) is 5.10 Å². The minimum Gasteiger partial charge on any atom is -0.478 e. The Kier molecular flexibility index (Phi) is 3.35. The van der Waals surface area contributed by atoms with Crippen LogP contribution < -0.4 is 0 Å². The highest BCUT2D eigenvalue weighted by molar-refractivity contribution is 7.99. The van der Waals surface area contributed by atoms with Crippen LogP contribution >= 0.6 is 23.4 Å². The molecule has 0 saturated heterocycles. The Labute approximate surface area is 106 Å². The van der Waals surface area contributed by atoms with Gasteiger partial charge in [-0.2, -0.15) is 0 Å². The van der Waals surface area contributed by atoms with Gasteiger partial charge in [0, 0.05) is 4.90 Å². The average Bonchev–Trinajstić information content (AvgIpc) is 2.63. The molecule has 1 aromatic heterocycles. The number of carbonyl (C=O) groups is 1. The summed E-state index contributed by atoms with van der Waals surface area (Å²) in [6.07, 6.45) is 0. The number of carboxylic acid groups (broad SMARTS) is 1. The molecule has 7 heteroatoms. The minimum atomic E-state index is -1.06. The summed E-state index contributed by atoms with van der Waals surface area (Å²) in [5.41, 5.74) is 0.0709. The van der Waals surface area contributed by atoms with Crippen molar-refractivity contribution in [2.75, 3.05) is 0 Å². The van der Waals surface area contributed by atoms with E-state index in [0.29, 0.717) is 15.9 Å². The van der Waals surface area contributed by atoms with E-state index in [1.54, 1.807) is 19.1 Å². The van der Waals surface area contributed by atoms with Crippen molar-refractivity contribution in [1.29, 1.82) is 0 Å². The van der Waals surface area contributed by atoms with Gasteiger partial charge in [-0.1, -0.05) is 17.7 Å². The van der Waals surface area contributed by atoms with E-state index < -0.39 is 5.97 Å². The number of hydrogen-bond donors (Lipinski definition) is 2. The van der Waals surface area contributed by atoms with Crippen molar-refractivity contribution in [2.45, 2.75) is 17.0 Å². The lowest BCUT2D eigenvalue weighted by Gasteiger charge is -2.04. The summed E-state index contributed by atoms with van der Waals surface area (Å²) in [7, 11) is 0. The predicted octanol–water partition coefficient (Wildman–Crippen LogP) is 2.62. The fourth-order valence-electron chi connectivity index (χ4n) is 1.26. The standard InChI is InChI=1S/C10H8ClN3O2S/c1-5-12-10(14-13-5)17-7-4-2-3-6(11)8(7)9(15)16/h2-4H,1H3,(H,15,16)(H,12,13,14). The molecule has 0 aliphatic carbocycles. The molecule has 0 atom stereocenters. The predicted molar refractivity (Wildman–Crippen MR) is 63.7 cm³/mol. The van der Waals surface area contributed by atoms with E-state index in [-0.39, 0.29) is 10.6 Å². The van der Waals surface area contributed by atoms with Gasteiger partial charge in [-0.25, -0.2) is 9.78 Å². The number of aromatic nitrogens is 3. The van der Waals surface area contributed by atoms with Gasteiger partial charge in [-0.05, 0) is 30.8 Å². The van der Waals surface area contributed by atoms with E-state index in [2.05, 4.69) is 15.2 Å². The van der Waals surface area contributed by atoms with Crippen LogP contribution in [0.3, 0.4) is 0 Å².